The Kier molecular flexibility index (Phi) is 9.55. The maximum Gasteiger partial charge on any atom is 0.408 e. The summed E-state index contributed by atoms with van der Waals surface area (Å²) in [6, 6.07) is 3.01. The van der Waals surface area contributed by atoms with E-state index in [1.54, 1.807) is 37.3 Å². The molecule has 0 unspecified atom stereocenters. The van der Waals surface area contributed by atoms with Crippen molar-refractivity contribution in [1.29, 1.82) is 0 Å². The number of rotatable bonds is 4. The van der Waals surface area contributed by atoms with Gasteiger partial charge in [0.15, 0.2) is 11.5 Å². The van der Waals surface area contributed by atoms with Gasteiger partial charge in [0.2, 0.25) is 11.8 Å². The highest BCUT2D eigenvalue weighted by molar-refractivity contribution is 5.91. The molecule has 6 atom stereocenters. The number of ether oxygens (including phenoxy) is 4. The molecule has 1 aliphatic carbocycles. The largest absolute Gasteiger partial charge is 0.497 e. The molecule has 2 amide bonds. The zero-order valence-corrected chi connectivity index (χ0v) is 27.4. The Hall–Kier alpha value is -4.22. The summed E-state index contributed by atoms with van der Waals surface area (Å²) in [7, 11) is 1.53. The van der Waals surface area contributed by atoms with Gasteiger partial charge in [0.1, 0.15) is 30.0 Å². The van der Waals surface area contributed by atoms with Crippen LogP contribution in [0.4, 0.5) is 9.18 Å². The van der Waals surface area contributed by atoms with Crippen molar-refractivity contribution in [3.8, 4) is 11.6 Å². The Morgan fingerprint density at radius 1 is 1.15 bits per heavy atom. The lowest BCUT2D eigenvalue weighted by Gasteiger charge is -2.35. The lowest BCUT2D eigenvalue weighted by atomic mass is 9.85. The molecule has 2 aliphatic heterocycles. The second kappa shape index (κ2) is 13.3. The molecule has 0 spiro atoms. The zero-order chi connectivity index (χ0) is 33.3. The van der Waals surface area contributed by atoms with Crippen LogP contribution < -0.4 is 14.8 Å². The molecule has 1 saturated heterocycles. The molecule has 2 aromatic rings. The summed E-state index contributed by atoms with van der Waals surface area (Å²) in [6.45, 7) is 11.2. The predicted molar refractivity (Wildman–Crippen MR) is 169 cm³/mol. The van der Waals surface area contributed by atoms with Gasteiger partial charge in [-0.25, -0.2) is 23.9 Å². The topological polar surface area (TPSA) is 129 Å². The van der Waals surface area contributed by atoms with Crippen molar-refractivity contribution in [2.24, 2.45) is 23.2 Å². The van der Waals surface area contributed by atoms with Gasteiger partial charge in [-0.05, 0) is 42.4 Å². The molecule has 12 heteroatoms. The van der Waals surface area contributed by atoms with Gasteiger partial charge < -0.3 is 29.2 Å². The Labute approximate surface area is 268 Å². The van der Waals surface area contributed by atoms with Crippen LogP contribution in [0.1, 0.15) is 60.1 Å². The number of methoxy groups -OCH3 is 1. The van der Waals surface area contributed by atoms with Gasteiger partial charge in [0.05, 0.1) is 31.3 Å². The summed E-state index contributed by atoms with van der Waals surface area (Å²) in [5, 5.41) is 2.77. The third-order valence-corrected chi connectivity index (χ3v) is 8.52. The first-order valence-corrected chi connectivity index (χ1v) is 15.8. The van der Waals surface area contributed by atoms with Gasteiger partial charge in [-0.3, -0.25) is 4.79 Å². The fourth-order valence-corrected chi connectivity index (χ4v) is 5.74. The minimum atomic E-state index is -1.03. The van der Waals surface area contributed by atoms with Gasteiger partial charge in [0.25, 0.3) is 0 Å². The number of hydrogen-bond donors (Lipinski definition) is 1. The van der Waals surface area contributed by atoms with Crippen LogP contribution in [0.5, 0.6) is 11.6 Å². The highest BCUT2D eigenvalue weighted by Crippen LogP contribution is 2.38. The van der Waals surface area contributed by atoms with Crippen molar-refractivity contribution in [3.63, 3.8) is 0 Å². The number of halogens is 1. The molecular weight excluding hydrogens is 595 g/mol. The standard InChI is InChI=1S/C34H43FN4O7/c1-18(2)17-44-32(41)28-19(3)26-16-39(28)31(40)29(34(4,5)6)38-33(42)46-25-14-20(25)10-8-9-11-22(35)27-30(45-26)37-24-15-21(43-7)12-13-23(24)36-27/h8-9,11-13,15,18-20,25-26,28-29H,10,14,16-17H2,1-7H3,(H,38,42)/b9-8+,22-11-/t19-,20-,25-,26+,28+,29-/m1/s1. The summed E-state index contributed by atoms with van der Waals surface area (Å²) in [5.74, 6) is -1.72. The highest BCUT2D eigenvalue weighted by Gasteiger charge is 2.51. The third kappa shape index (κ3) is 7.26. The third-order valence-electron chi connectivity index (χ3n) is 8.52. The van der Waals surface area contributed by atoms with Crippen LogP contribution in [-0.2, 0) is 19.1 Å². The summed E-state index contributed by atoms with van der Waals surface area (Å²) < 4.78 is 38.8. The number of nitrogens with one attached hydrogen (secondary N) is 1. The number of hydrogen-bond acceptors (Lipinski definition) is 9. The molecule has 0 radical (unpaired) electrons. The van der Waals surface area contributed by atoms with Gasteiger partial charge in [-0.1, -0.05) is 53.7 Å². The Bertz CT molecular complexity index is 1550. The van der Waals surface area contributed by atoms with E-state index >= 15 is 4.39 Å². The molecule has 5 rings (SSSR count). The molecule has 3 aliphatic rings. The molecule has 11 nitrogen and oxygen atoms in total. The fraction of sp³-hybridized carbons (Fsp3) is 0.559. The van der Waals surface area contributed by atoms with Gasteiger partial charge in [0, 0.05) is 17.9 Å². The predicted octanol–water partition coefficient (Wildman–Crippen LogP) is 5.23. The van der Waals surface area contributed by atoms with E-state index in [9.17, 15) is 14.4 Å². The minimum absolute atomic E-state index is 0.0437. The van der Waals surface area contributed by atoms with Crippen LogP contribution in [0.25, 0.3) is 16.9 Å². The molecule has 248 valence electrons. The molecule has 2 bridgehead atoms. The number of carbonyl (C=O) groups excluding carboxylic acids is 3. The van der Waals surface area contributed by atoms with E-state index in [0.29, 0.717) is 29.6 Å². The second-order valence-electron chi connectivity index (χ2n) is 13.8. The van der Waals surface area contributed by atoms with Crippen LogP contribution in [-0.4, -0.2) is 77.4 Å². The number of alkyl carbamates (subject to hydrolysis) is 1. The van der Waals surface area contributed by atoms with E-state index in [1.807, 2.05) is 34.6 Å². The molecule has 1 aromatic carbocycles. The van der Waals surface area contributed by atoms with Crippen molar-refractivity contribution in [2.75, 3.05) is 20.3 Å². The first-order chi connectivity index (χ1) is 21.8. The molecular formula is C34H43FN4O7. The van der Waals surface area contributed by atoms with Crippen molar-refractivity contribution in [1.82, 2.24) is 20.2 Å². The summed E-state index contributed by atoms with van der Waals surface area (Å²) in [5.41, 5.74) is 0.0179. The average Bonchev–Trinajstić information content (AvgIpc) is 3.65. The molecule has 1 aromatic heterocycles. The van der Waals surface area contributed by atoms with Gasteiger partial charge in [-0.15, -0.1) is 0 Å². The number of carbonyl (C=O) groups is 3. The SMILES string of the molecule is COc1ccc2nc3c(nc2c1)O[C@H]1CN(C(=O)[C@H](C(C)(C)C)NC(=O)O[C@@H]2C[C@H]2C/C=C/C=C/3F)[C@H](C(=O)OCC(C)C)[C@@H]1C. The molecule has 1 N–H and O–H groups in total. The van der Waals surface area contributed by atoms with E-state index in [-0.39, 0.29) is 42.7 Å². The summed E-state index contributed by atoms with van der Waals surface area (Å²) in [6.07, 6.45) is 4.10. The number of benzene rings is 1. The lowest BCUT2D eigenvalue weighted by Crippen LogP contribution is -2.57. The van der Waals surface area contributed by atoms with Gasteiger partial charge >= 0.3 is 12.1 Å². The highest BCUT2D eigenvalue weighted by atomic mass is 19.1. The maximum atomic E-state index is 15.8. The maximum absolute atomic E-state index is 15.8. The molecule has 1 saturated carbocycles. The fourth-order valence-electron chi connectivity index (χ4n) is 5.74. The van der Waals surface area contributed by atoms with E-state index in [0.717, 1.165) is 0 Å². The van der Waals surface area contributed by atoms with Crippen LogP contribution in [0.15, 0.2) is 36.4 Å². The second-order valence-corrected chi connectivity index (χ2v) is 13.8. The first kappa shape index (κ1) is 33.2. The van der Waals surface area contributed by atoms with Crippen LogP contribution in [0, 0.1) is 23.2 Å². The summed E-state index contributed by atoms with van der Waals surface area (Å²) >= 11 is 0. The number of aromatic nitrogens is 2. The van der Waals surface area contributed by atoms with E-state index in [1.165, 1.54) is 18.1 Å². The minimum Gasteiger partial charge on any atom is -0.497 e. The molecule has 3 heterocycles. The van der Waals surface area contributed by atoms with E-state index in [4.69, 9.17) is 18.9 Å². The molecule has 46 heavy (non-hydrogen) atoms. The van der Waals surface area contributed by atoms with Crippen LogP contribution >= 0.6 is 0 Å². The van der Waals surface area contributed by atoms with Crippen LogP contribution in [0.3, 0.4) is 0 Å². The Morgan fingerprint density at radius 2 is 1.91 bits per heavy atom. The summed E-state index contributed by atoms with van der Waals surface area (Å²) in [4.78, 5) is 51.4. The first-order valence-electron chi connectivity index (χ1n) is 15.8. The van der Waals surface area contributed by atoms with Crippen molar-refractivity contribution in [2.45, 2.75) is 78.7 Å². The van der Waals surface area contributed by atoms with Crippen molar-refractivity contribution in [3.05, 3.63) is 42.1 Å². The Balaban J connectivity index is 1.59. The number of fused-ring (bicyclic) bond motifs is 5. The van der Waals surface area contributed by atoms with E-state index < -0.39 is 53.3 Å². The van der Waals surface area contributed by atoms with Gasteiger partial charge in [-0.2, -0.15) is 0 Å². The monoisotopic (exact) mass is 638 g/mol. The molecule has 2 fully saturated rings. The number of nitrogens with zero attached hydrogens (tertiary/aromatic N) is 3. The average molecular weight is 639 g/mol. The normalized spacial score (nSPS) is 28.8. The van der Waals surface area contributed by atoms with E-state index in [2.05, 4.69) is 15.3 Å². The lowest BCUT2D eigenvalue weighted by molar-refractivity contribution is -0.156. The number of esters is 1. The van der Waals surface area contributed by atoms with Crippen molar-refractivity contribution < 1.29 is 37.7 Å². The number of allylic oxidation sites excluding steroid dienone is 3. The zero-order valence-electron chi connectivity index (χ0n) is 27.4. The Morgan fingerprint density at radius 3 is 2.61 bits per heavy atom. The van der Waals surface area contributed by atoms with Crippen LogP contribution in [0.2, 0.25) is 0 Å². The quantitative estimate of drug-likeness (QED) is 0.448. The smallest absolute Gasteiger partial charge is 0.408 e. The van der Waals surface area contributed by atoms with Crippen molar-refractivity contribution >= 4 is 34.8 Å². The number of amides is 2.